The lowest BCUT2D eigenvalue weighted by Crippen LogP contribution is -2.50. The maximum atomic E-state index is 12.8. The Hall–Kier alpha value is -2.98. The molecule has 29 heavy (non-hydrogen) atoms. The van der Waals surface area contributed by atoms with Crippen LogP contribution in [0.4, 0.5) is 0 Å². The number of aromatic nitrogens is 1. The van der Waals surface area contributed by atoms with Crippen molar-refractivity contribution in [3.05, 3.63) is 101 Å². The van der Waals surface area contributed by atoms with Gasteiger partial charge in [-0.25, -0.2) is 0 Å². The Labute approximate surface area is 172 Å². The van der Waals surface area contributed by atoms with Crippen LogP contribution in [0.25, 0.3) is 0 Å². The summed E-state index contributed by atoms with van der Waals surface area (Å²) >= 11 is 0. The molecule has 4 heteroatoms. The highest BCUT2D eigenvalue weighted by Crippen LogP contribution is 2.32. The van der Waals surface area contributed by atoms with Crippen molar-refractivity contribution in [2.75, 3.05) is 26.2 Å². The molecule has 3 aromatic rings. The van der Waals surface area contributed by atoms with Crippen molar-refractivity contribution < 1.29 is 4.79 Å². The predicted molar refractivity (Wildman–Crippen MR) is 116 cm³/mol. The Balaban J connectivity index is 1.57. The van der Waals surface area contributed by atoms with E-state index < -0.39 is 0 Å². The van der Waals surface area contributed by atoms with Crippen LogP contribution in [0.1, 0.15) is 38.7 Å². The maximum Gasteiger partial charge on any atom is 0.255 e. The third-order valence-corrected chi connectivity index (χ3v) is 5.72. The van der Waals surface area contributed by atoms with Crippen molar-refractivity contribution in [2.24, 2.45) is 0 Å². The van der Waals surface area contributed by atoms with Gasteiger partial charge >= 0.3 is 0 Å². The molecule has 1 aliphatic heterocycles. The molecule has 0 N–H and O–H groups in total. The minimum Gasteiger partial charge on any atom is -0.336 e. The molecule has 0 bridgehead atoms. The number of carbonyl (C=O) groups excluding carboxylic acids is 1. The van der Waals surface area contributed by atoms with Crippen molar-refractivity contribution in [1.82, 2.24) is 14.8 Å². The molecule has 0 radical (unpaired) electrons. The molecule has 0 spiro atoms. The fourth-order valence-corrected chi connectivity index (χ4v) is 4.13. The molecule has 1 aliphatic rings. The lowest BCUT2D eigenvalue weighted by molar-refractivity contribution is 0.0596. The van der Waals surface area contributed by atoms with Crippen LogP contribution in [0.3, 0.4) is 0 Å². The lowest BCUT2D eigenvalue weighted by Gasteiger charge is -2.40. The molecule has 2 aromatic carbocycles. The smallest absolute Gasteiger partial charge is 0.255 e. The van der Waals surface area contributed by atoms with Gasteiger partial charge in [0.1, 0.15) is 0 Å². The highest BCUT2D eigenvalue weighted by molar-refractivity contribution is 5.93. The minimum atomic E-state index is 0.0701. The van der Waals surface area contributed by atoms with Crippen LogP contribution in [0, 0.1) is 13.8 Å². The van der Waals surface area contributed by atoms with E-state index >= 15 is 0 Å². The third kappa shape index (κ3) is 4.22. The Bertz CT molecular complexity index is 964. The maximum absolute atomic E-state index is 12.8. The van der Waals surface area contributed by atoms with E-state index in [1.165, 1.54) is 22.3 Å². The number of hydrogen-bond acceptors (Lipinski definition) is 3. The average Bonchev–Trinajstić information content (AvgIpc) is 2.78. The van der Waals surface area contributed by atoms with Gasteiger partial charge in [0, 0.05) is 38.6 Å². The molecule has 1 amide bonds. The molecule has 0 saturated carbocycles. The Morgan fingerprint density at radius 3 is 2.38 bits per heavy atom. The number of pyridine rings is 1. The first kappa shape index (κ1) is 19.3. The van der Waals surface area contributed by atoms with Gasteiger partial charge in [-0.15, -0.1) is 0 Å². The quantitative estimate of drug-likeness (QED) is 0.674. The number of carbonyl (C=O) groups is 1. The topological polar surface area (TPSA) is 36.4 Å². The average molecular weight is 386 g/mol. The van der Waals surface area contributed by atoms with Gasteiger partial charge in [0.2, 0.25) is 0 Å². The summed E-state index contributed by atoms with van der Waals surface area (Å²) in [4.78, 5) is 21.3. The Kier molecular flexibility index (Phi) is 5.72. The van der Waals surface area contributed by atoms with Crippen molar-refractivity contribution in [1.29, 1.82) is 0 Å². The van der Waals surface area contributed by atoms with Crippen LogP contribution in [-0.4, -0.2) is 46.9 Å². The summed E-state index contributed by atoms with van der Waals surface area (Å²) in [5.74, 6) is 0.0701. The van der Waals surface area contributed by atoms with Gasteiger partial charge < -0.3 is 4.90 Å². The second-order valence-electron chi connectivity index (χ2n) is 7.74. The standard InChI is InChI=1S/C25H27N3O/c1-19-10-11-20(2)23(17-19)24(21-7-4-3-5-8-21)27-13-15-28(16-14-27)25(29)22-9-6-12-26-18-22/h3-12,17-18,24H,13-16H2,1-2H3/t24-/m0/s1. The predicted octanol–water partition coefficient (Wildman–Crippen LogP) is 4.25. The van der Waals surface area contributed by atoms with Gasteiger partial charge in [0.05, 0.1) is 11.6 Å². The van der Waals surface area contributed by atoms with E-state index in [2.05, 4.69) is 72.3 Å². The van der Waals surface area contributed by atoms with Crippen LogP contribution in [0.15, 0.2) is 73.1 Å². The molecule has 4 nitrogen and oxygen atoms in total. The molecule has 4 rings (SSSR count). The number of nitrogens with zero attached hydrogens (tertiary/aromatic N) is 3. The summed E-state index contributed by atoms with van der Waals surface area (Å²) in [5, 5.41) is 0. The van der Waals surface area contributed by atoms with E-state index in [1.54, 1.807) is 12.4 Å². The number of rotatable bonds is 4. The zero-order chi connectivity index (χ0) is 20.2. The largest absolute Gasteiger partial charge is 0.336 e. The molecule has 0 aliphatic carbocycles. The highest BCUT2D eigenvalue weighted by Gasteiger charge is 2.29. The summed E-state index contributed by atoms with van der Waals surface area (Å²) in [6, 6.07) is 21.2. The summed E-state index contributed by atoms with van der Waals surface area (Å²) in [6.45, 7) is 7.48. The van der Waals surface area contributed by atoms with Crippen LogP contribution < -0.4 is 0 Å². The monoisotopic (exact) mass is 385 g/mol. The van der Waals surface area contributed by atoms with Crippen LogP contribution in [0.2, 0.25) is 0 Å². The molecule has 1 fully saturated rings. The van der Waals surface area contributed by atoms with Gasteiger partial charge in [0.15, 0.2) is 0 Å². The number of aryl methyl sites for hydroxylation is 2. The first-order valence-electron chi connectivity index (χ1n) is 10.2. The van der Waals surface area contributed by atoms with E-state index in [9.17, 15) is 4.79 Å². The molecule has 2 heterocycles. The molecule has 1 aromatic heterocycles. The zero-order valence-corrected chi connectivity index (χ0v) is 17.1. The second-order valence-corrected chi connectivity index (χ2v) is 7.74. The number of benzene rings is 2. The van der Waals surface area contributed by atoms with Gasteiger partial charge in [-0.05, 0) is 42.7 Å². The van der Waals surface area contributed by atoms with E-state index in [-0.39, 0.29) is 11.9 Å². The number of amides is 1. The van der Waals surface area contributed by atoms with Crippen molar-refractivity contribution in [2.45, 2.75) is 19.9 Å². The fraction of sp³-hybridized carbons (Fsp3) is 0.280. The van der Waals surface area contributed by atoms with E-state index in [0.29, 0.717) is 5.56 Å². The first-order chi connectivity index (χ1) is 14.1. The van der Waals surface area contributed by atoms with E-state index in [1.807, 2.05) is 17.0 Å². The summed E-state index contributed by atoms with van der Waals surface area (Å²) < 4.78 is 0. The second kappa shape index (κ2) is 8.58. The first-order valence-corrected chi connectivity index (χ1v) is 10.2. The van der Waals surface area contributed by atoms with Crippen molar-refractivity contribution in [3.63, 3.8) is 0 Å². The van der Waals surface area contributed by atoms with Crippen LogP contribution in [0.5, 0.6) is 0 Å². The van der Waals surface area contributed by atoms with Crippen LogP contribution >= 0.6 is 0 Å². The molecular formula is C25H27N3O. The van der Waals surface area contributed by atoms with Gasteiger partial charge in [-0.1, -0.05) is 54.1 Å². The van der Waals surface area contributed by atoms with Crippen LogP contribution in [-0.2, 0) is 0 Å². The SMILES string of the molecule is Cc1ccc(C)c([C@H](c2ccccc2)N2CCN(C(=O)c3cccnc3)CC2)c1. The fourth-order valence-electron chi connectivity index (χ4n) is 4.13. The van der Waals surface area contributed by atoms with E-state index in [4.69, 9.17) is 0 Å². The number of piperazine rings is 1. The minimum absolute atomic E-state index is 0.0701. The summed E-state index contributed by atoms with van der Waals surface area (Å²) in [7, 11) is 0. The Morgan fingerprint density at radius 1 is 0.931 bits per heavy atom. The van der Waals surface area contributed by atoms with Crippen molar-refractivity contribution >= 4 is 5.91 Å². The van der Waals surface area contributed by atoms with Gasteiger partial charge in [0.25, 0.3) is 5.91 Å². The normalized spacial score (nSPS) is 15.9. The third-order valence-electron chi connectivity index (χ3n) is 5.72. The molecule has 1 saturated heterocycles. The Morgan fingerprint density at radius 2 is 1.69 bits per heavy atom. The lowest BCUT2D eigenvalue weighted by atomic mass is 9.92. The molecule has 0 unspecified atom stereocenters. The van der Waals surface area contributed by atoms with Gasteiger partial charge in [-0.2, -0.15) is 0 Å². The molecule has 1 atom stereocenters. The highest BCUT2D eigenvalue weighted by atomic mass is 16.2. The summed E-state index contributed by atoms with van der Waals surface area (Å²) in [6.07, 6.45) is 3.35. The number of hydrogen-bond donors (Lipinski definition) is 0. The zero-order valence-electron chi connectivity index (χ0n) is 17.1. The van der Waals surface area contributed by atoms with Crippen molar-refractivity contribution in [3.8, 4) is 0 Å². The van der Waals surface area contributed by atoms with Gasteiger partial charge in [-0.3, -0.25) is 14.7 Å². The van der Waals surface area contributed by atoms with E-state index in [0.717, 1.165) is 26.2 Å². The molecular weight excluding hydrogens is 358 g/mol. The summed E-state index contributed by atoms with van der Waals surface area (Å²) in [5.41, 5.74) is 5.89. The molecule has 148 valence electrons.